The number of alkyl halides is 2. The number of carboxylic acids is 1. The third-order valence-corrected chi connectivity index (χ3v) is 5.28. The Morgan fingerprint density at radius 1 is 1.34 bits per heavy atom. The van der Waals surface area contributed by atoms with Crippen LogP contribution < -0.4 is 4.90 Å². The highest BCUT2D eigenvalue weighted by Crippen LogP contribution is 2.42. The molecule has 2 heterocycles. The molecule has 12 heteroatoms. The van der Waals surface area contributed by atoms with E-state index in [0.29, 0.717) is 11.8 Å². The van der Waals surface area contributed by atoms with Crippen molar-refractivity contribution in [2.24, 2.45) is 5.92 Å². The van der Waals surface area contributed by atoms with Gasteiger partial charge in [0.05, 0.1) is 18.2 Å². The molecule has 2 aromatic rings. The molecule has 0 aromatic carbocycles. The molecule has 0 spiro atoms. The molecule has 2 aromatic heterocycles. The molecule has 0 amide bonds. The zero-order chi connectivity index (χ0) is 20.5. The van der Waals surface area contributed by atoms with Crippen molar-refractivity contribution >= 4 is 29.3 Å². The maximum absolute atomic E-state index is 12.5. The minimum absolute atomic E-state index is 0.0590. The van der Waals surface area contributed by atoms with Crippen LogP contribution >= 0.6 is 11.6 Å². The van der Waals surface area contributed by atoms with E-state index in [9.17, 15) is 18.7 Å². The van der Waals surface area contributed by atoms with E-state index in [2.05, 4.69) is 25.1 Å². The summed E-state index contributed by atoms with van der Waals surface area (Å²) in [4.78, 5) is 26.5. The molecule has 0 saturated heterocycles. The van der Waals surface area contributed by atoms with Crippen LogP contribution in [-0.4, -0.2) is 61.4 Å². The Hall–Kier alpha value is -2.40. The second kappa shape index (κ2) is 8.15. The fourth-order valence-corrected chi connectivity index (χ4v) is 3.87. The number of anilines is 2. The van der Waals surface area contributed by atoms with Crippen LogP contribution in [0.25, 0.3) is 0 Å². The van der Waals surface area contributed by atoms with E-state index in [1.165, 1.54) is 0 Å². The summed E-state index contributed by atoms with van der Waals surface area (Å²) in [5.41, 5.74) is 0. The van der Waals surface area contributed by atoms with Gasteiger partial charge in [-0.25, -0.2) is 13.8 Å². The number of ether oxygens (including phenoxy) is 1. The molecule has 2 fully saturated rings. The smallest absolute Gasteiger partial charge is 0.307 e. The first-order valence-corrected chi connectivity index (χ1v) is 9.62. The van der Waals surface area contributed by atoms with E-state index in [-0.39, 0.29) is 30.0 Å². The number of H-pyrrole nitrogens is 1. The van der Waals surface area contributed by atoms with Gasteiger partial charge in [0.15, 0.2) is 0 Å². The van der Waals surface area contributed by atoms with Crippen molar-refractivity contribution in [3.8, 4) is 0 Å². The van der Waals surface area contributed by atoms with E-state index in [0.717, 1.165) is 12.8 Å². The lowest BCUT2D eigenvalue weighted by Gasteiger charge is -2.22. The summed E-state index contributed by atoms with van der Waals surface area (Å²) in [6.07, 6.45) is 0.606. The standard InChI is InChI=1S/C17H19ClF2N6O3/c18-16-22-14(10-5-9(29-7-12(19)20)6-11(10)15(27)28)23-17(24-16)26(8-1-2-8)13-3-4-21-25-13/h3-4,8-12H,1-2,5-7H2,(H,21,25)(H,27,28). The summed E-state index contributed by atoms with van der Waals surface area (Å²) in [6.45, 7) is -0.734. The van der Waals surface area contributed by atoms with Crippen LogP contribution in [0, 0.1) is 5.92 Å². The molecule has 2 aliphatic carbocycles. The highest BCUT2D eigenvalue weighted by molar-refractivity contribution is 6.28. The van der Waals surface area contributed by atoms with Gasteiger partial charge in [-0.3, -0.25) is 14.8 Å². The molecule has 0 bridgehead atoms. The van der Waals surface area contributed by atoms with Crippen LogP contribution in [0.5, 0.6) is 0 Å². The molecule has 9 nitrogen and oxygen atoms in total. The molecule has 2 saturated carbocycles. The molecule has 2 aliphatic rings. The highest BCUT2D eigenvalue weighted by atomic mass is 35.5. The average Bonchev–Trinajstić information content (AvgIpc) is 3.17. The number of hydrogen-bond acceptors (Lipinski definition) is 7. The van der Waals surface area contributed by atoms with E-state index in [4.69, 9.17) is 16.3 Å². The topological polar surface area (TPSA) is 117 Å². The maximum atomic E-state index is 12.5. The Balaban J connectivity index is 1.63. The zero-order valence-corrected chi connectivity index (χ0v) is 16.0. The van der Waals surface area contributed by atoms with Crippen molar-refractivity contribution in [1.82, 2.24) is 25.1 Å². The second-order valence-corrected chi connectivity index (χ2v) is 7.51. The Morgan fingerprint density at radius 3 is 2.76 bits per heavy atom. The van der Waals surface area contributed by atoms with Crippen molar-refractivity contribution < 1.29 is 23.4 Å². The van der Waals surface area contributed by atoms with Crippen LogP contribution in [0.3, 0.4) is 0 Å². The minimum Gasteiger partial charge on any atom is -0.481 e. The first-order valence-electron chi connectivity index (χ1n) is 9.25. The zero-order valence-electron chi connectivity index (χ0n) is 15.2. The highest BCUT2D eigenvalue weighted by Gasteiger charge is 2.43. The number of rotatable bonds is 8. The Kier molecular flexibility index (Phi) is 5.59. The monoisotopic (exact) mass is 428 g/mol. The summed E-state index contributed by atoms with van der Waals surface area (Å²) in [5, 5.41) is 16.4. The van der Waals surface area contributed by atoms with E-state index in [1.54, 1.807) is 12.3 Å². The van der Waals surface area contributed by atoms with Crippen LogP contribution in [-0.2, 0) is 9.53 Å². The van der Waals surface area contributed by atoms with E-state index < -0.39 is 36.9 Å². The van der Waals surface area contributed by atoms with Crippen LogP contribution in [0.2, 0.25) is 5.28 Å². The quantitative estimate of drug-likeness (QED) is 0.659. The fourth-order valence-electron chi connectivity index (χ4n) is 3.71. The van der Waals surface area contributed by atoms with E-state index >= 15 is 0 Å². The second-order valence-electron chi connectivity index (χ2n) is 7.17. The summed E-state index contributed by atoms with van der Waals surface area (Å²) >= 11 is 6.13. The molecular weight excluding hydrogens is 410 g/mol. The largest absolute Gasteiger partial charge is 0.481 e. The molecule has 156 valence electrons. The van der Waals surface area contributed by atoms with Gasteiger partial charge in [0.1, 0.15) is 18.2 Å². The Bertz CT molecular complexity index is 867. The SMILES string of the molecule is O=C(O)C1CC(OCC(F)F)CC1c1nc(Cl)nc(N(c2ccn[nH]2)C2CC2)n1. The third kappa shape index (κ3) is 4.45. The number of nitrogens with one attached hydrogen (secondary N) is 1. The molecular formula is C17H19ClF2N6O3. The van der Waals surface area contributed by atoms with Crippen LogP contribution in [0.15, 0.2) is 12.3 Å². The van der Waals surface area contributed by atoms with Gasteiger partial charge in [0.25, 0.3) is 6.43 Å². The number of carbonyl (C=O) groups is 1. The summed E-state index contributed by atoms with van der Waals surface area (Å²) in [6, 6.07) is 1.96. The Labute approximate surface area is 169 Å². The summed E-state index contributed by atoms with van der Waals surface area (Å²) in [7, 11) is 0. The first-order chi connectivity index (χ1) is 13.9. The number of carboxylic acid groups (broad SMARTS) is 1. The molecule has 3 unspecified atom stereocenters. The van der Waals surface area contributed by atoms with Gasteiger partial charge in [-0.05, 0) is 37.3 Å². The number of aromatic nitrogens is 5. The van der Waals surface area contributed by atoms with Crippen molar-refractivity contribution in [3.05, 3.63) is 23.4 Å². The molecule has 4 rings (SSSR count). The molecule has 29 heavy (non-hydrogen) atoms. The third-order valence-electron chi connectivity index (χ3n) is 5.11. The molecule has 0 radical (unpaired) electrons. The lowest BCUT2D eigenvalue weighted by Crippen LogP contribution is -2.25. The summed E-state index contributed by atoms with van der Waals surface area (Å²) in [5.74, 6) is -1.31. The van der Waals surface area contributed by atoms with Gasteiger partial charge in [-0.1, -0.05) is 0 Å². The summed E-state index contributed by atoms with van der Waals surface area (Å²) < 4.78 is 30.1. The van der Waals surface area contributed by atoms with Gasteiger partial charge in [0, 0.05) is 18.0 Å². The van der Waals surface area contributed by atoms with Gasteiger partial charge < -0.3 is 9.84 Å². The molecule has 3 atom stereocenters. The average molecular weight is 429 g/mol. The molecule has 0 aliphatic heterocycles. The normalized spacial score (nSPS) is 24.2. The van der Waals surface area contributed by atoms with Gasteiger partial charge in [0.2, 0.25) is 11.2 Å². The van der Waals surface area contributed by atoms with Crippen LogP contribution in [0.1, 0.15) is 37.4 Å². The maximum Gasteiger partial charge on any atom is 0.307 e. The number of hydrogen-bond donors (Lipinski definition) is 2. The van der Waals surface area contributed by atoms with Gasteiger partial charge in [-0.15, -0.1) is 0 Å². The van der Waals surface area contributed by atoms with Gasteiger partial charge in [-0.2, -0.15) is 15.1 Å². The predicted octanol–water partition coefficient (Wildman–Crippen LogP) is 2.78. The van der Waals surface area contributed by atoms with Crippen LogP contribution in [0.4, 0.5) is 20.5 Å². The van der Waals surface area contributed by atoms with Crippen molar-refractivity contribution in [2.75, 3.05) is 11.5 Å². The minimum atomic E-state index is -2.61. The number of aromatic amines is 1. The van der Waals surface area contributed by atoms with E-state index in [1.807, 2.05) is 4.90 Å². The predicted molar refractivity (Wildman–Crippen MR) is 97.4 cm³/mol. The van der Waals surface area contributed by atoms with Crippen molar-refractivity contribution in [2.45, 2.75) is 50.2 Å². The first kappa shape index (κ1) is 19.9. The fraction of sp³-hybridized carbons (Fsp3) is 0.588. The molecule has 2 N–H and O–H groups in total. The van der Waals surface area contributed by atoms with Gasteiger partial charge >= 0.3 is 5.97 Å². The van der Waals surface area contributed by atoms with Crippen molar-refractivity contribution in [3.63, 3.8) is 0 Å². The number of aliphatic carboxylic acids is 1. The number of halogens is 3. The number of nitrogens with zero attached hydrogens (tertiary/aromatic N) is 5. The van der Waals surface area contributed by atoms with Crippen molar-refractivity contribution in [1.29, 1.82) is 0 Å². The lowest BCUT2D eigenvalue weighted by molar-refractivity contribution is -0.142. The Morgan fingerprint density at radius 2 is 2.14 bits per heavy atom. The lowest BCUT2D eigenvalue weighted by atomic mass is 9.95.